The molecule has 1 fully saturated rings. The molecule has 3 rings (SSSR count). The highest BCUT2D eigenvalue weighted by Crippen LogP contribution is 2.34. The van der Waals surface area contributed by atoms with Crippen molar-refractivity contribution < 1.29 is 9.90 Å². The van der Waals surface area contributed by atoms with E-state index in [-0.39, 0.29) is 12.0 Å². The third-order valence-corrected chi connectivity index (χ3v) is 4.34. The quantitative estimate of drug-likeness (QED) is 0.602. The van der Waals surface area contributed by atoms with Crippen LogP contribution in [-0.4, -0.2) is 30.6 Å². The number of fused-ring (bicyclic) bond motifs is 1. The van der Waals surface area contributed by atoms with Crippen molar-refractivity contribution >= 4 is 45.5 Å². The first kappa shape index (κ1) is 13.5. The molecule has 2 aromatic rings. The minimum Gasteiger partial charge on any atom is -0.481 e. The fraction of sp³-hybridized carbons (Fsp3) is 0.500. The highest BCUT2D eigenvalue weighted by atomic mass is 127. The zero-order valence-electron chi connectivity index (χ0n) is 10.7. The summed E-state index contributed by atoms with van der Waals surface area (Å²) in [5, 5.41) is 9.04. The van der Waals surface area contributed by atoms with Gasteiger partial charge in [0.2, 0.25) is 0 Å². The lowest BCUT2D eigenvalue weighted by atomic mass is 9.86. The third-order valence-electron chi connectivity index (χ3n) is 3.86. The van der Waals surface area contributed by atoms with Crippen molar-refractivity contribution in [3.63, 3.8) is 0 Å². The largest absolute Gasteiger partial charge is 0.481 e. The van der Waals surface area contributed by atoms with E-state index in [1.54, 1.807) is 6.33 Å². The van der Waals surface area contributed by atoms with Crippen LogP contribution in [0.5, 0.6) is 0 Å². The van der Waals surface area contributed by atoms with Crippen LogP contribution in [0.15, 0.2) is 6.33 Å². The molecule has 1 aliphatic rings. The highest BCUT2D eigenvalue weighted by molar-refractivity contribution is 14.1. The molecule has 0 amide bonds. The van der Waals surface area contributed by atoms with Crippen LogP contribution in [-0.2, 0) is 4.79 Å². The van der Waals surface area contributed by atoms with Crippen LogP contribution in [0.25, 0.3) is 11.2 Å². The average Bonchev–Trinajstić information content (AvgIpc) is 2.82. The summed E-state index contributed by atoms with van der Waals surface area (Å²) in [6.45, 7) is 0. The van der Waals surface area contributed by atoms with Crippen LogP contribution < -0.4 is 5.73 Å². The monoisotopic (exact) mass is 387 g/mol. The maximum Gasteiger partial charge on any atom is 0.306 e. The van der Waals surface area contributed by atoms with Gasteiger partial charge in [-0.2, -0.15) is 0 Å². The molecule has 0 unspecified atom stereocenters. The predicted molar refractivity (Wildman–Crippen MR) is 81.1 cm³/mol. The Kier molecular flexibility index (Phi) is 3.48. The summed E-state index contributed by atoms with van der Waals surface area (Å²) in [5.41, 5.74) is 7.21. The smallest absolute Gasteiger partial charge is 0.306 e. The third kappa shape index (κ3) is 2.32. The lowest BCUT2D eigenvalue weighted by Gasteiger charge is -2.27. The van der Waals surface area contributed by atoms with Crippen LogP contribution in [0.4, 0.5) is 5.82 Å². The standard InChI is InChI=1S/C12H14IN5O2/c13-12-16-9(14)8-10(17-12)18(5-15-8)7-3-1-6(2-4-7)11(19)20/h5-7H,1-4H2,(H,19,20)(H2,14,16,17)/t6-,7+. The first-order chi connectivity index (χ1) is 9.56. The maximum absolute atomic E-state index is 11.0. The molecule has 20 heavy (non-hydrogen) atoms. The molecule has 2 heterocycles. The Morgan fingerprint density at radius 3 is 2.70 bits per heavy atom. The zero-order valence-corrected chi connectivity index (χ0v) is 12.8. The number of aromatic nitrogens is 4. The second kappa shape index (κ2) is 5.15. The molecule has 0 bridgehead atoms. The summed E-state index contributed by atoms with van der Waals surface area (Å²) in [6.07, 6.45) is 4.76. The molecule has 106 valence electrons. The molecule has 0 aromatic carbocycles. The van der Waals surface area contributed by atoms with Crippen molar-refractivity contribution in [1.82, 2.24) is 19.5 Å². The SMILES string of the molecule is Nc1nc(I)nc2c1ncn2[C@H]1CC[C@@H](C(=O)O)CC1. The van der Waals surface area contributed by atoms with Crippen molar-refractivity contribution in [1.29, 1.82) is 0 Å². The van der Waals surface area contributed by atoms with E-state index in [9.17, 15) is 4.79 Å². The Labute approximate surface area is 128 Å². The number of nitrogens with two attached hydrogens (primary N) is 1. The number of nitrogen functional groups attached to an aromatic ring is 1. The van der Waals surface area contributed by atoms with Crippen molar-refractivity contribution in [3.8, 4) is 0 Å². The van der Waals surface area contributed by atoms with Gasteiger partial charge in [-0.25, -0.2) is 15.0 Å². The summed E-state index contributed by atoms with van der Waals surface area (Å²) >= 11 is 2.03. The van der Waals surface area contributed by atoms with Crippen molar-refractivity contribution in [2.45, 2.75) is 31.7 Å². The molecule has 0 spiro atoms. The average molecular weight is 387 g/mol. The van der Waals surface area contributed by atoms with Gasteiger partial charge in [-0.3, -0.25) is 4.79 Å². The fourth-order valence-corrected chi connectivity index (χ4v) is 3.27. The minimum absolute atomic E-state index is 0.221. The molecule has 1 aliphatic carbocycles. The molecule has 7 nitrogen and oxygen atoms in total. The number of carboxylic acid groups (broad SMARTS) is 1. The number of halogens is 1. The fourth-order valence-electron chi connectivity index (χ4n) is 2.78. The summed E-state index contributed by atoms with van der Waals surface area (Å²) in [6, 6.07) is 0.237. The Hall–Kier alpha value is -1.45. The molecule has 3 N–H and O–H groups in total. The van der Waals surface area contributed by atoms with Crippen molar-refractivity contribution in [2.24, 2.45) is 5.92 Å². The molecule has 0 saturated heterocycles. The van der Waals surface area contributed by atoms with Gasteiger partial charge in [-0.15, -0.1) is 0 Å². The molecule has 2 aromatic heterocycles. The summed E-state index contributed by atoms with van der Waals surface area (Å²) in [4.78, 5) is 23.8. The van der Waals surface area contributed by atoms with E-state index in [4.69, 9.17) is 10.8 Å². The second-order valence-corrected chi connectivity index (χ2v) is 6.01. The number of rotatable bonds is 2. The molecule has 0 radical (unpaired) electrons. The lowest BCUT2D eigenvalue weighted by Crippen LogP contribution is -2.23. The van der Waals surface area contributed by atoms with Gasteiger partial charge in [-0.05, 0) is 25.7 Å². The molecule has 8 heteroatoms. The lowest BCUT2D eigenvalue weighted by molar-refractivity contribution is -0.143. The summed E-state index contributed by atoms with van der Waals surface area (Å²) in [5.74, 6) is -0.529. The van der Waals surface area contributed by atoms with Gasteiger partial charge in [0.1, 0.15) is 5.52 Å². The first-order valence-electron chi connectivity index (χ1n) is 6.44. The summed E-state index contributed by atoms with van der Waals surface area (Å²) in [7, 11) is 0. The van der Waals surface area contributed by atoms with E-state index >= 15 is 0 Å². The Morgan fingerprint density at radius 1 is 1.35 bits per heavy atom. The van der Waals surface area contributed by atoms with Gasteiger partial charge < -0.3 is 15.4 Å². The van der Waals surface area contributed by atoms with Gasteiger partial charge in [0.15, 0.2) is 15.3 Å². The van der Waals surface area contributed by atoms with Gasteiger partial charge in [0, 0.05) is 28.6 Å². The number of carboxylic acids is 1. The van der Waals surface area contributed by atoms with Gasteiger partial charge in [-0.1, -0.05) is 0 Å². The number of carbonyl (C=O) groups is 1. The Morgan fingerprint density at radius 2 is 2.05 bits per heavy atom. The minimum atomic E-state index is -0.694. The van der Waals surface area contributed by atoms with E-state index in [1.165, 1.54) is 0 Å². The normalized spacial score (nSPS) is 23.1. The van der Waals surface area contributed by atoms with E-state index in [2.05, 4.69) is 15.0 Å². The van der Waals surface area contributed by atoms with Crippen LogP contribution in [0, 0.1) is 9.75 Å². The van der Waals surface area contributed by atoms with E-state index in [0.717, 1.165) is 18.5 Å². The van der Waals surface area contributed by atoms with E-state index in [0.29, 0.717) is 28.0 Å². The number of hydrogen-bond acceptors (Lipinski definition) is 5. The predicted octanol–water partition coefficient (Wildman–Crippen LogP) is 1.83. The van der Waals surface area contributed by atoms with E-state index < -0.39 is 5.97 Å². The first-order valence-corrected chi connectivity index (χ1v) is 7.52. The van der Waals surface area contributed by atoms with Crippen molar-refractivity contribution in [2.75, 3.05) is 5.73 Å². The molecular weight excluding hydrogens is 373 g/mol. The van der Waals surface area contributed by atoms with Crippen LogP contribution in [0.3, 0.4) is 0 Å². The topological polar surface area (TPSA) is 107 Å². The highest BCUT2D eigenvalue weighted by Gasteiger charge is 2.28. The number of imidazole rings is 1. The number of nitrogens with zero attached hydrogens (tertiary/aromatic N) is 4. The zero-order chi connectivity index (χ0) is 14.3. The number of aliphatic carboxylic acids is 1. The Balaban J connectivity index is 1.90. The maximum atomic E-state index is 11.0. The molecule has 0 atom stereocenters. The summed E-state index contributed by atoms with van der Waals surface area (Å²) < 4.78 is 2.60. The Bertz CT molecular complexity index is 663. The molecule has 0 aliphatic heterocycles. The van der Waals surface area contributed by atoms with Crippen LogP contribution in [0.1, 0.15) is 31.7 Å². The van der Waals surface area contributed by atoms with Gasteiger partial charge in [0.25, 0.3) is 0 Å². The van der Waals surface area contributed by atoms with Crippen molar-refractivity contribution in [3.05, 3.63) is 10.2 Å². The second-order valence-electron chi connectivity index (χ2n) is 5.05. The van der Waals surface area contributed by atoms with E-state index in [1.807, 2.05) is 27.2 Å². The van der Waals surface area contributed by atoms with Gasteiger partial charge >= 0.3 is 5.97 Å². The molecular formula is C12H14IN5O2. The number of anilines is 1. The molecule has 1 saturated carbocycles. The van der Waals surface area contributed by atoms with Gasteiger partial charge in [0.05, 0.1) is 12.2 Å². The number of hydrogen-bond donors (Lipinski definition) is 2. The van der Waals surface area contributed by atoms with Crippen LogP contribution in [0.2, 0.25) is 0 Å². The van der Waals surface area contributed by atoms with Crippen LogP contribution >= 0.6 is 22.6 Å².